The predicted octanol–water partition coefficient (Wildman–Crippen LogP) is -4.38. The third kappa shape index (κ3) is 13.0. The monoisotopic (exact) mass is 1270 g/mol. The number of rotatable bonds is 20. The second-order valence-electron chi connectivity index (χ2n) is 28.6. The van der Waals surface area contributed by atoms with E-state index in [9.17, 15) is 91.9 Å². The first-order chi connectivity index (χ1) is 41.2. The highest BCUT2D eigenvalue weighted by atomic mass is 16.8. The summed E-state index contributed by atoms with van der Waals surface area (Å²) in [5.74, 6) is 0.828. The number of allylic oxidation sites excluding steroid dienone is 1. The van der Waals surface area contributed by atoms with E-state index in [-0.39, 0.29) is 40.4 Å². The molecule has 28 nitrogen and oxygen atoms in total. The molecule has 18 N–H and O–H groups in total. The fourth-order valence-corrected chi connectivity index (χ4v) is 17.0. The first-order valence-corrected chi connectivity index (χ1v) is 31.5. The predicted molar refractivity (Wildman–Crippen MR) is 299 cm³/mol. The van der Waals surface area contributed by atoms with Gasteiger partial charge in [-0.25, -0.2) is 0 Å². The molecule has 4 aliphatic carbocycles. The number of hydrogen-bond acceptors (Lipinski definition) is 28. The van der Waals surface area contributed by atoms with Crippen LogP contribution in [0.3, 0.4) is 0 Å². The molecule has 28 heteroatoms. The Kier molecular flexibility index (Phi) is 22.1. The summed E-state index contributed by atoms with van der Waals surface area (Å²) >= 11 is 0. The van der Waals surface area contributed by atoms with E-state index in [4.69, 9.17) is 47.4 Å². The first kappa shape index (κ1) is 70.9. The van der Waals surface area contributed by atoms with Crippen LogP contribution in [0.4, 0.5) is 0 Å². The first-order valence-electron chi connectivity index (χ1n) is 31.5. The highest BCUT2D eigenvalue weighted by Gasteiger charge is 2.68. The van der Waals surface area contributed by atoms with Gasteiger partial charge in [-0.15, -0.1) is 0 Å². The van der Waals surface area contributed by atoms with Crippen LogP contribution in [0, 0.1) is 45.3 Å². The molecule has 0 aromatic heterocycles. The standard InChI is InChI=1S/C60H102O28/c1-24(9-13-35(57(4,5)78)87-55-50(88-54-49(77)43(71)38(66)30(21-63)83-54)45(73)40(68)32(85-55)23-80-52-47(75)42(70)37(65)29(20-62)82-52)25-15-16-60(8)33-12-10-26-27(58(33,6)17-18-59(25,60)7)11-14-34(56(26,2)3)86-53-48(76)44(72)39(67)31(84-53)22-79-51-46(74)41(69)36(64)28(19-61)81-51/h10,24-25,27-55,61-78H,9,11-23H2,1-8H3/t24-,25-,27-,28-,29-,30-,31-,32-,33-,34+,35-,36-,37-,38-,39-,40-,41+,42+,43+,44+,45+,46-,47-,48-,49-,50-,51-,52-,53+,54+,55+,58+,59-,60+/m1/s1. The zero-order valence-corrected chi connectivity index (χ0v) is 51.5. The number of hydrogen-bond donors (Lipinski definition) is 18. The Morgan fingerprint density at radius 3 is 1.44 bits per heavy atom. The third-order valence-corrected chi connectivity index (χ3v) is 22.8. The molecular weight excluding hydrogens is 1170 g/mol. The molecule has 8 fully saturated rings. The molecule has 5 saturated heterocycles. The smallest absolute Gasteiger partial charge is 0.187 e. The van der Waals surface area contributed by atoms with E-state index in [1.54, 1.807) is 13.8 Å². The van der Waals surface area contributed by atoms with Crippen molar-refractivity contribution in [1.82, 2.24) is 0 Å². The van der Waals surface area contributed by atoms with E-state index in [0.717, 1.165) is 38.5 Å². The van der Waals surface area contributed by atoms with Gasteiger partial charge in [-0.2, -0.15) is 0 Å². The fraction of sp³-hybridized carbons (Fsp3) is 0.967. The topological polar surface area (TPSA) is 456 Å². The molecule has 3 saturated carbocycles. The van der Waals surface area contributed by atoms with Crippen LogP contribution in [-0.2, 0) is 47.4 Å². The summed E-state index contributed by atoms with van der Waals surface area (Å²) in [6.07, 6.45) is -33.6. The highest BCUT2D eigenvalue weighted by molar-refractivity contribution is 5.30. The van der Waals surface area contributed by atoms with Gasteiger partial charge in [0.1, 0.15) is 122 Å². The van der Waals surface area contributed by atoms with Crippen LogP contribution >= 0.6 is 0 Å². The molecule has 34 atom stereocenters. The van der Waals surface area contributed by atoms with E-state index in [0.29, 0.717) is 18.8 Å². The van der Waals surface area contributed by atoms with Gasteiger partial charge in [0.05, 0.1) is 50.8 Å². The van der Waals surface area contributed by atoms with Gasteiger partial charge < -0.3 is 139 Å². The van der Waals surface area contributed by atoms with Crippen molar-refractivity contribution in [1.29, 1.82) is 0 Å². The summed E-state index contributed by atoms with van der Waals surface area (Å²) < 4.78 is 59.5. The molecule has 0 unspecified atom stereocenters. The molecule has 5 aliphatic heterocycles. The number of aliphatic hydroxyl groups excluding tert-OH is 17. The Hall–Kier alpha value is -1.38. The van der Waals surface area contributed by atoms with Crippen molar-refractivity contribution in [2.45, 2.75) is 285 Å². The maximum absolute atomic E-state index is 11.8. The zero-order chi connectivity index (χ0) is 64.7. The summed E-state index contributed by atoms with van der Waals surface area (Å²) in [7, 11) is 0. The molecule has 88 heavy (non-hydrogen) atoms. The van der Waals surface area contributed by atoms with Crippen LogP contribution in [-0.4, -0.2) is 296 Å². The Balaban J connectivity index is 0.871. The normalized spacial score (nSPS) is 51.4. The van der Waals surface area contributed by atoms with Crippen molar-refractivity contribution >= 4 is 0 Å². The van der Waals surface area contributed by atoms with E-state index in [1.807, 2.05) is 0 Å². The lowest BCUT2D eigenvalue weighted by Crippen LogP contribution is -2.65. The number of fused-ring (bicyclic) bond motifs is 5. The molecule has 510 valence electrons. The van der Waals surface area contributed by atoms with Gasteiger partial charge in [0.25, 0.3) is 0 Å². The lowest BCUT2D eigenvalue weighted by atomic mass is 9.39. The minimum absolute atomic E-state index is 0.0854. The zero-order valence-electron chi connectivity index (χ0n) is 51.5. The van der Waals surface area contributed by atoms with Crippen LogP contribution in [0.1, 0.15) is 113 Å². The van der Waals surface area contributed by atoms with E-state index in [2.05, 4.69) is 47.6 Å². The second kappa shape index (κ2) is 27.4. The number of ether oxygens (including phenoxy) is 10. The molecule has 9 rings (SSSR count). The highest BCUT2D eigenvalue weighted by Crippen LogP contribution is 2.75. The van der Waals surface area contributed by atoms with Gasteiger partial charge in [0.2, 0.25) is 0 Å². The van der Waals surface area contributed by atoms with Gasteiger partial charge in [-0.1, -0.05) is 53.2 Å². The van der Waals surface area contributed by atoms with Gasteiger partial charge in [-0.05, 0) is 112 Å². The average molecular weight is 1270 g/mol. The van der Waals surface area contributed by atoms with E-state index in [1.165, 1.54) is 5.57 Å². The van der Waals surface area contributed by atoms with Gasteiger partial charge >= 0.3 is 0 Å². The Labute approximate surface area is 512 Å². The molecule has 0 bridgehead atoms. The fourth-order valence-electron chi connectivity index (χ4n) is 17.0. The largest absolute Gasteiger partial charge is 0.394 e. The summed E-state index contributed by atoms with van der Waals surface area (Å²) in [6, 6.07) is 0. The summed E-state index contributed by atoms with van der Waals surface area (Å²) in [6.45, 7) is 13.5. The summed E-state index contributed by atoms with van der Waals surface area (Å²) in [5.41, 5.74) is -1.21. The maximum atomic E-state index is 11.8. The van der Waals surface area contributed by atoms with Crippen LogP contribution in [0.15, 0.2) is 11.6 Å². The Morgan fingerprint density at radius 1 is 0.500 bits per heavy atom. The number of aliphatic hydroxyl groups is 18. The van der Waals surface area contributed by atoms with Gasteiger partial charge in [0, 0.05) is 5.41 Å². The minimum Gasteiger partial charge on any atom is -0.394 e. The summed E-state index contributed by atoms with van der Waals surface area (Å²) in [4.78, 5) is 0. The Bertz CT molecular complexity index is 2310. The van der Waals surface area contributed by atoms with Crippen molar-refractivity contribution in [3.8, 4) is 0 Å². The molecule has 0 aromatic carbocycles. The molecular formula is C60H102O28. The quantitative estimate of drug-likeness (QED) is 0.0512. The van der Waals surface area contributed by atoms with Crippen molar-refractivity contribution in [2.75, 3.05) is 33.0 Å². The van der Waals surface area contributed by atoms with Crippen LogP contribution in [0.25, 0.3) is 0 Å². The second-order valence-corrected chi connectivity index (χ2v) is 28.6. The van der Waals surface area contributed by atoms with Crippen molar-refractivity contribution in [3.05, 3.63) is 11.6 Å². The van der Waals surface area contributed by atoms with Crippen molar-refractivity contribution in [2.24, 2.45) is 45.3 Å². The maximum Gasteiger partial charge on any atom is 0.187 e. The van der Waals surface area contributed by atoms with Crippen LogP contribution in [0.5, 0.6) is 0 Å². The SMILES string of the molecule is C[C@H](CC[C@@H](O[C@@H]1O[C@H](CO[C@@H]2O[C@H](CO)[C@@H](O)[C@H](O)[C@H]2O)[C@@H](O)[C@H](O)[C@H]1O[C@@H]1O[C@H](CO)[C@@H](O)[C@H](O)[C@H]1O)C(C)(C)O)[C@H]1CC[C@@]2(C)[C@@H]3CC=C4[C@@H](CC[C@H](O[C@@H]5O[C@H](CO[C@@H]6O[C@H](CO)[C@@H](O)[C@H](O)[C@H]6O)[C@@H](O)[C@H](O)[C@H]5O)C4(C)C)[C@]3(C)CC[C@]12C. The van der Waals surface area contributed by atoms with Crippen molar-refractivity contribution in [3.63, 3.8) is 0 Å². The van der Waals surface area contributed by atoms with Gasteiger partial charge in [-0.3, -0.25) is 0 Å². The molecule has 0 aromatic rings. The third-order valence-electron chi connectivity index (χ3n) is 22.8. The molecule has 0 amide bonds. The lowest BCUT2D eigenvalue weighted by molar-refractivity contribution is -0.380. The van der Waals surface area contributed by atoms with Crippen molar-refractivity contribution < 1.29 is 139 Å². The van der Waals surface area contributed by atoms with E-state index < -0.39 is 210 Å². The molecule has 0 spiro atoms. The minimum atomic E-state index is -1.93. The average Bonchev–Trinajstić information content (AvgIpc) is 1.42. The Morgan fingerprint density at radius 2 is 0.943 bits per heavy atom. The van der Waals surface area contributed by atoms with E-state index >= 15 is 0 Å². The summed E-state index contributed by atoms with van der Waals surface area (Å²) in [5, 5.41) is 192. The molecule has 5 heterocycles. The van der Waals surface area contributed by atoms with Crippen LogP contribution in [0.2, 0.25) is 0 Å². The lowest BCUT2D eigenvalue weighted by Gasteiger charge is -2.66. The van der Waals surface area contributed by atoms with Crippen LogP contribution < -0.4 is 0 Å². The van der Waals surface area contributed by atoms with Gasteiger partial charge in [0.15, 0.2) is 31.5 Å². The molecule has 9 aliphatic rings. The molecule has 0 radical (unpaired) electrons.